The molecule has 4 atom stereocenters. The second-order valence-corrected chi connectivity index (χ2v) is 10.5. The molecule has 13 heteroatoms. The summed E-state index contributed by atoms with van der Waals surface area (Å²) in [5.41, 5.74) is 0.575. The molecule has 6 rings (SSSR count). The van der Waals surface area contributed by atoms with Crippen LogP contribution in [0.3, 0.4) is 0 Å². The van der Waals surface area contributed by atoms with E-state index in [-0.39, 0.29) is 35.1 Å². The van der Waals surface area contributed by atoms with E-state index in [2.05, 4.69) is 15.3 Å². The highest BCUT2D eigenvalue weighted by Gasteiger charge is 2.59. The molecule has 8 nitrogen and oxygen atoms in total. The van der Waals surface area contributed by atoms with Crippen molar-refractivity contribution >= 4 is 40.7 Å². The van der Waals surface area contributed by atoms with E-state index in [0.29, 0.717) is 17.0 Å². The summed E-state index contributed by atoms with van der Waals surface area (Å²) in [5.74, 6) is -6.87. The quantitative estimate of drug-likeness (QED) is 0.520. The number of carbonyl (C=O) groups is 2. The van der Waals surface area contributed by atoms with Crippen molar-refractivity contribution in [2.24, 2.45) is 10.9 Å². The Morgan fingerprint density at radius 3 is 2.76 bits per heavy atom. The number of hydrogen-bond donors (Lipinski definition) is 2. The predicted molar refractivity (Wildman–Crippen MR) is 129 cm³/mol. The van der Waals surface area contributed by atoms with E-state index in [0.717, 1.165) is 6.07 Å². The lowest BCUT2D eigenvalue weighted by Gasteiger charge is -2.53. The molecule has 3 fully saturated rings. The first-order valence-electron chi connectivity index (χ1n) is 11.5. The summed E-state index contributed by atoms with van der Waals surface area (Å²) in [5, 5.41) is 15.2. The van der Waals surface area contributed by atoms with Crippen LogP contribution in [0, 0.1) is 11.7 Å². The molecule has 0 spiro atoms. The van der Waals surface area contributed by atoms with Crippen LogP contribution in [0.15, 0.2) is 46.0 Å². The number of carbonyl (C=O) groups excluding carboxylic acids is 1. The van der Waals surface area contributed by atoms with Crippen LogP contribution in [0.2, 0.25) is 5.02 Å². The fraction of sp³-hybridized carbons (Fsp3) is 0.417. The fourth-order valence-corrected chi connectivity index (χ4v) is 6.33. The van der Waals surface area contributed by atoms with E-state index < -0.39 is 54.1 Å². The van der Waals surface area contributed by atoms with Crippen molar-refractivity contribution in [2.45, 2.75) is 43.3 Å². The molecule has 2 N–H and O–H groups in total. The summed E-state index contributed by atoms with van der Waals surface area (Å²) >= 11 is 7.62. The molecule has 0 amide bonds. The Labute approximate surface area is 218 Å². The standard InChI is InChI=1S/C24H22ClF3N4O4S/c1-36-23(35)17-16(10-32-12-3-5-14(19(32)22(33)34)24(27,28)9-12)30-20(21-29-6-7-37-21)31-18(17)13-4-2-11(26)8-15(13)25/h2,4,6-8,12,14,18-19H,3,5,9-10H2,1H3,(H,30,31)(H,33,34)/t12-,14?,18?,19?/m0/s1. The van der Waals surface area contributed by atoms with Gasteiger partial charge in [0.15, 0.2) is 10.8 Å². The summed E-state index contributed by atoms with van der Waals surface area (Å²) < 4.78 is 48.2. The molecule has 1 aromatic heterocycles. The summed E-state index contributed by atoms with van der Waals surface area (Å²) in [7, 11) is 1.18. The number of carboxylic acid groups (broad SMARTS) is 1. The SMILES string of the molecule is COC(=O)C1=C(CN2C(C(=O)O)C3CC[C@H]2CC3(F)F)NC(c2nccs2)=NC1c1ccc(F)cc1Cl. The molecule has 2 saturated heterocycles. The summed E-state index contributed by atoms with van der Waals surface area (Å²) in [4.78, 5) is 35.7. The molecule has 4 aliphatic rings. The number of ether oxygens (including phenoxy) is 1. The zero-order valence-electron chi connectivity index (χ0n) is 19.5. The fourth-order valence-electron chi connectivity index (χ4n) is 5.47. The summed E-state index contributed by atoms with van der Waals surface area (Å²) in [6.45, 7) is -0.154. The number of aliphatic carboxylic acids is 1. The van der Waals surface area contributed by atoms with Crippen molar-refractivity contribution in [3.8, 4) is 0 Å². The van der Waals surface area contributed by atoms with E-state index in [9.17, 15) is 27.9 Å². The second kappa shape index (κ2) is 9.73. The predicted octanol–water partition coefficient (Wildman–Crippen LogP) is 4.03. The number of nitrogens with one attached hydrogen (secondary N) is 1. The number of fused-ring (bicyclic) bond motifs is 3. The van der Waals surface area contributed by atoms with E-state index in [1.165, 1.54) is 35.5 Å². The van der Waals surface area contributed by atoms with Crippen molar-refractivity contribution in [2.75, 3.05) is 13.7 Å². The van der Waals surface area contributed by atoms with Gasteiger partial charge in [0.1, 0.15) is 17.9 Å². The number of benzene rings is 1. The third-order valence-electron chi connectivity index (χ3n) is 7.09. The van der Waals surface area contributed by atoms with Crippen molar-refractivity contribution in [1.82, 2.24) is 15.2 Å². The van der Waals surface area contributed by atoms with Gasteiger partial charge >= 0.3 is 11.9 Å². The van der Waals surface area contributed by atoms with Crippen LogP contribution in [0.1, 0.15) is 35.9 Å². The number of nitrogens with zero attached hydrogens (tertiary/aromatic N) is 3. The topological polar surface area (TPSA) is 104 Å². The van der Waals surface area contributed by atoms with Gasteiger partial charge < -0.3 is 15.2 Å². The Bertz CT molecular complexity index is 1300. The lowest BCUT2D eigenvalue weighted by Crippen LogP contribution is -2.66. The molecule has 1 saturated carbocycles. The van der Waals surface area contributed by atoms with Crippen LogP contribution < -0.4 is 5.32 Å². The summed E-state index contributed by atoms with van der Waals surface area (Å²) in [6, 6.07) is 0.499. The second-order valence-electron chi connectivity index (χ2n) is 9.15. The van der Waals surface area contributed by atoms with Gasteiger partial charge in [-0.1, -0.05) is 17.7 Å². The highest BCUT2D eigenvalue weighted by Crippen LogP contribution is 2.49. The maximum Gasteiger partial charge on any atom is 0.338 e. The third kappa shape index (κ3) is 4.62. The van der Waals surface area contributed by atoms with Gasteiger partial charge in [-0.3, -0.25) is 14.7 Å². The number of alkyl halides is 2. The number of thiazole rings is 1. The smallest absolute Gasteiger partial charge is 0.338 e. The minimum atomic E-state index is -3.10. The van der Waals surface area contributed by atoms with Crippen LogP contribution in [-0.4, -0.2) is 64.4 Å². The number of esters is 1. The van der Waals surface area contributed by atoms with Gasteiger partial charge in [0.25, 0.3) is 5.92 Å². The Morgan fingerprint density at radius 1 is 1.35 bits per heavy atom. The zero-order valence-corrected chi connectivity index (χ0v) is 21.0. The number of rotatable bonds is 6. The van der Waals surface area contributed by atoms with Crippen molar-refractivity contribution < 1.29 is 32.6 Å². The van der Waals surface area contributed by atoms with Gasteiger partial charge in [0.05, 0.1) is 12.7 Å². The summed E-state index contributed by atoms with van der Waals surface area (Å²) in [6.07, 6.45) is 1.60. The Balaban J connectivity index is 1.63. The molecule has 1 aromatic carbocycles. The Morgan fingerprint density at radius 2 is 2.14 bits per heavy atom. The third-order valence-corrected chi connectivity index (χ3v) is 8.19. The lowest BCUT2D eigenvalue weighted by atomic mass is 9.71. The number of methoxy groups -OCH3 is 1. The van der Waals surface area contributed by atoms with Crippen LogP contribution in [0.25, 0.3) is 0 Å². The molecule has 2 bridgehead atoms. The average Bonchev–Trinajstić information content (AvgIpc) is 3.38. The first-order chi connectivity index (χ1) is 17.6. The maximum atomic E-state index is 14.7. The number of piperidine rings is 2. The number of aromatic nitrogens is 1. The minimum Gasteiger partial charge on any atom is -0.480 e. The van der Waals surface area contributed by atoms with Crippen LogP contribution >= 0.6 is 22.9 Å². The number of amidine groups is 1. The minimum absolute atomic E-state index is 0.0219. The maximum absolute atomic E-state index is 14.7. The Kier molecular flexibility index (Phi) is 6.75. The molecule has 37 heavy (non-hydrogen) atoms. The van der Waals surface area contributed by atoms with E-state index in [4.69, 9.17) is 16.3 Å². The highest BCUT2D eigenvalue weighted by atomic mass is 35.5. The van der Waals surface area contributed by atoms with Gasteiger partial charge in [0.2, 0.25) is 0 Å². The molecule has 4 heterocycles. The van der Waals surface area contributed by atoms with Crippen molar-refractivity contribution in [3.05, 3.63) is 62.5 Å². The number of halogens is 4. The van der Waals surface area contributed by atoms with Gasteiger partial charge in [0, 0.05) is 52.8 Å². The first kappa shape index (κ1) is 25.7. The van der Waals surface area contributed by atoms with Gasteiger partial charge in [-0.2, -0.15) is 0 Å². The molecule has 196 valence electrons. The molecule has 1 aliphatic carbocycles. The molecule has 3 unspecified atom stereocenters. The Hall–Kier alpha value is -2.96. The number of carboxylic acids is 1. The first-order valence-corrected chi connectivity index (χ1v) is 12.7. The largest absolute Gasteiger partial charge is 0.480 e. The lowest BCUT2D eigenvalue weighted by molar-refractivity contribution is -0.196. The molecule has 2 aromatic rings. The van der Waals surface area contributed by atoms with E-state index >= 15 is 0 Å². The van der Waals surface area contributed by atoms with Gasteiger partial charge in [-0.15, -0.1) is 11.3 Å². The van der Waals surface area contributed by atoms with Crippen LogP contribution in [-0.2, 0) is 14.3 Å². The van der Waals surface area contributed by atoms with Crippen LogP contribution in [0.5, 0.6) is 0 Å². The van der Waals surface area contributed by atoms with Crippen LogP contribution in [0.4, 0.5) is 13.2 Å². The normalized spacial score (nSPS) is 27.0. The van der Waals surface area contributed by atoms with Gasteiger partial charge in [-0.05, 0) is 25.0 Å². The monoisotopic (exact) mass is 554 g/mol. The number of aliphatic imine (C=N–C) groups is 1. The van der Waals surface area contributed by atoms with Gasteiger partial charge in [-0.25, -0.2) is 22.9 Å². The van der Waals surface area contributed by atoms with Crippen molar-refractivity contribution in [1.29, 1.82) is 0 Å². The van der Waals surface area contributed by atoms with E-state index in [1.807, 2.05) is 0 Å². The molecule has 3 aliphatic heterocycles. The van der Waals surface area contributed by atoms with E-state index in [1.54, 1.807) is 11.6 Å². The highest BCUT2D eigenvalue weighted by molar-refractivity contribution is 7.11. The average molecular weight is 555 g/mol. The molecular weight excluding hydrogens is 533 g/mol. The molecular formula is C24H22ClF3N4O4S. The zero-order chi connectivity index (χ0) is 26.5. The molecule has 0 radical (unpaired) electrons. The number of hydrogen-bond acceptors (Lipinski definition) is 8. The van der Waals surface area contributed by atoms with Crippen molar-refractivity contribution in [3.63, 3.8) is 0 Å².